The quantitative estimate of drug-likeness (QED) is 0.777. The first-order valence-electron chi connectivity index (χ1n) is 10.0. The van der Waals surface area contributed by atoms with Crippen LogP contribution in [0.5, 0.6) is 0 Å². The van der Waals surface area contributed by atoms with Gasteiger partial charge in [-0.15, -0.1) is 0 Å². The lowest BCUT2D eigenvalue weighted by Crippen LogP contribution is -2.48. The Bertz CT molecular complexity index is 909. The molecule has 1 aromatic carbocycles. The van der Waals surface area contributed by atoms with Crippen molar-refractivity contribution < 1.29 is 22.3 Å². The van der Waals surface area contributed by atoms with Crippen molar-refractivity contribution >= 4 is 21.0 Å². The fourth-order valence-electron chi connectivity index (χ4n) is 4.69. The molecule has 3 fully saturated rings. The van der Waals surface area contributed by atoms with Crippen molar-refractivity contribution in [1.82, 2.24) is 9.21 Å². The largest absolute Gasteiger partial charge is 0.443 e. The lowest BCUT2D eigenvalue weighted by atomic mass is 9.88. The van der Waals surface area contributed by atoms with Crippen LogP contribution in [0, 0.1) is 0 Å². The molecule has 0 saturated carbocycles. The summed E-state index contributed by atoms with van der Waals surface area (Å²) >= 11 is 0. The number of ether oxygens (including phenoxy) is 2. The van der Waals surface area contributed by atoms with Crippen molar-refractivity contribution in [2.45, 2.75) is 36.0 Å². The molecule has 5 rings (SSSR count). The molecule has 4 heterocycles. The topological polar surface area (TPSA) is 72.2 Å². The third-order valence-electron chi connectivity index (χ3n) is 6.38. The second-order valence-corrected chi connectivity index (χ2v) is 9.88. The number of hydrogen-bond donors (Lipinski definition) is 0. The maximum absolute atomic E-state index is 13.0. The van der Waals surface area contributed by atoms with Gasteiger partial charge >= 0.3 is 0 Å². The second-order valence-electron chi connectivity index (χ2n) is 8.01. The summed E-state index contributed by atoms with van der Waals surface area (Å²) in [5.41, 5.74) is 0.408. The van der Waals surface area contributed by atoms with Gasteiger partial charge in [-0.2, -0.15) is 4.31 Å². The van der Waals surface area contributed by atoms with Crippen LogP contribution in [-0.4, -0.2) is 75.3 Å². The highest BCUT2D eigenvalue weighted by Crippen LogP contribution is 2.39. The van der Waals surface area contributed by atoms with Gasteiger partial charge in [-0.1, -0.05) is 18.2 Å². The van der Waals surface area contributed by atoms with E-state index < -0.39 is 10.0 Å². The lowest BCUT2D eigenvalue weighted by Gasteiger charge is -2.38. The Labute approximate surface area is 165 Å². The van der Waals surface area contributed by atoms with E-state index in [9.17, 15) is 8.42 Å². The molecule has 2 aromatic rings. The highest BCUT2D eigenvalue weighted by Gasteiger charge is 2.46. The van der Waals surface area contributed by atoms with E-state index >= 15 is 0 Å². The van der Waals surface area contributed by atoms with E-state index in [2.05, 4.69) is 4.90 Å². The normalized spacial score (nSPS) is 26.9. The van der Waals surface area contributed by atoms with Crippen molar-refractivity contribution in [1.29, 1.82) is 0 Å². The zero-order valence-corrected chi connectivity index (χ0v) is 16.7. The van der Waals surface area contributed by atoms with Crippen LogP contribution in [0.15, 0.2) is 39.8 Å². The minimum absolute atomic E-state index is 0.0307. The van der Waals surface area contributed by atoms with Crippen LogP contribution in [-0.2, 0) is 19.5 Å². The van der Waals surface area contributed by atoms with Gasteiger partial charge in [0.15, 0.2) is 0 Å². The van der Waals surface area contributed by atoms with Gasteiger partial charge in [0.2, 0.25) is 5.09 Å². The first-order valence-corrected chi connectivity index (χ1v) is 11.4. The number of morpholine rings is 1. The number of piperidine rings is 1. The number of rotatable bonds is 3. The molecule has 3 saturated heterocycles. The number of nitrogens with zero attached hydrogens (tertiary/aromatic N) is 2. The molecule has 0 radical (unpaired) electrons. The summed E-state index contributed by atoms with van der Waals surface area (Å²) in [6, 6.07) is 9.41. The summed E-state index contributed by atoms with van der Waals surface area (Å²) in [5, 5.41) is 0.838. The summed E-state index contributed by atoms with van der Waals surface area (Å²) in [5.74, 6) is 0. The van der Waals surface area contributed by atoms with Gasteiger partial charge in [0.25, 0.3) is 10.0 Å². The van der Waals surface area contributed by atoms with Gasteiger partial charge in [-0.3, -0.25) is 4.90 Å². The zero-order valence-electron chi connectivity index (χ0n) is 15.9. The predicted octanol–water partition coefficient (Wildman–Crippen LogP) is 2.08. The standard InChI is InChI=1S/C20H26N2O5S/c23-28(24,19-13-16-3-1-2-4-18(16)27-19)22-7-5-20(6-8-22)14-17(15-26-20)21-9-11-25-12-10-21/h1-4,13,17H,5-12,14-15H2. The van der Waals surface area contributed by atoms with E-state index in [0.29, 0.717) is 24.7 Å². The molecule has 28 heavy (non-hydrogen) atoms. The molecular formula is C20H26N2O5S. The predicted molar refractivity (Wildman–Crippen MR) is 104 cm³/mol. The molecule has 0 N–H and O–H groups in total. The summed E-state index contributed by atoms with van der Waals surface area (Å²) in [4.78, 5) is 2.45. The Kier molecular flexibility index (Phi) is 4.71. The van der Waals surface area contributed by atoms with Crippen molar-refractivity contribution in [2.75, 3.05) is 46.0 Å². The van der Waals surface area contributed by atoms with Gasteiger partial charge in [-0.25, -0.2) is 8.42 Å². The number of hydrogen-bond acceptors (Lipinski definition) is 6. The van der Waals surface area contributed by atoms with E-state index in [1.54, 1.807) is 16.4 Å². The van der Waals surface area contributed by atoms with Gasteiger partial charge in [0, 0.05) is 43.7 Å². The summed E-state index contributed by atoms with van der Waals surface area (Å²) in [7, 11) is -3.62. The fraction of sp³-hybridized carbons (Fsp3) is 0.600. The average Bonchev–Trinajstić information content (AvgIpc) is 3.34. The molecule has 1 aromatic heterocycles. The Morgan fingerprint density at radius 2 is 1.79 bits per heavy atom. The van der Waals surface area contributed by atoms with Crippen LogP contribution in [0.1, 0.15) is 19.3 Å². The smallest absolute Gasteiger partial charge is 0.276 e. The van der Waals surface area contributed by atoms with E-state index in [0.717, 1.165) is 57.6 Å². The molecule has 0 amide bonds. The first kappa shape index (κ1) is 18.6. The summed E-state index contributed by atoms with van der Waals surface area (Å²) in [6.45, 7) is 5.15. The molecule has 8 heteroatoms. The Morgan fingerprint density at radius 1 is 1.04 bits per heavy atom. The third-order valence-corrected chi connectivity index (χ3v) is 8.14. The van der Waals surface area contributed by atoms with E-state index in [1.807, 2.05) is 18.2 Å². The number of sulfonamides is 1. The Balaban J connectivity index is 1.26. The maximum atomic E-state index is 13.0. The molecule has 3 aliphatic heterocycles. The molecule has 3 aliphatic rings. The van der Waals surface area contributed by atoms with Crippen LogP contribution >= 0.6 is 0 Å². The monoisotopic (exact) mass is 406 g/mol. The number of fused-ring (bicyclic) bond motifs is 1. The highest BCUT2D eigenvalue weighted by atomic mass is 32.2. The van der Waals surface area contributed by atoms with Crippen LogP contribution < -0.4 is 0 Å². The van der Waals surface area contributed by atoms with Crippen LogP contribution in [0.25, 0.3) is 11.0 Å². The Morgan fingerprint density at radius 3 is 2.54 bits per heavy atom. The molecule has 0 bridgehead atoms. The fourth-order valence-corrected chi connectivity index (χ4v) is 6.08. The van der Waals surface area contributed by atoms with Crippen molar-refractivity contribution in [3.8, 4) is 0 Å². The molecular weight excluding hydrogens is 380 g/mol. The first-order chi connectivity index (χ1) is 13.6. The molecule has 1 unspecified atom stereocenters. The van der Waals surface area contributed by atoms with Gasteiger partial charge < -0.3 is 13.9 Å². The molecule has 1 spiro atoms. The SMILES string of the molecule is O=S(=O)(c1cc2ccccc2o1)N1CCC2(CC1)CC(N1CCOCC1)CO2. The minimum Gasteiger partial charge on any atom is -0.443 e. The summed E-state index contributed by atoms with van der Waals surface area (Å²) in [6.07, 6.45) is 2.44. The number of para-hydroxylation sites is 1. The van der Waals surface area contributed by atoms with Crippen LogP contribution in [0.2, 0.25) is 0 Å². The second kappa shape index (κ2) is 7.11. The molecule has 7 nitrogen and oxygen atoms in total. The van der Waals surface area contributed by atoms with E-state index in [-0.39, 0.29) is 10.7 Å². The number of benzene rings is 1. The Hall–Kier alpha value is -1.45. The highest BCUT2D eigenvalue weighted by molar-refractivity contribution is 7.89. The van der Waals surface area contributed by atoms with E-state index in [1.165, 1.54) is 0 Å². The maximum Gasteiger partial charge on any atom is 0.276 e. The third kappa shape index (κ3) is 3.27. The lowest BCUT2D eigenvalue weighted by molar-refractivity contribution is -0.0329. The average molecular weight is 407 g/mol. The van der Waals surface area contributed by atoms with Gasteiger partial charge in [0.05, 0.1) is 25.4 Å². The molecule has 1 atom stereocenters. The van der Waals surface area contributed by atoms with Crippen LogP contribution in [0.3, 0.4) is 0 Å². The number of furan rings is 1. The van der Waals surface area contributed by atoms with Gasteiger partial charge in [0.1, 0.15) is 5.58 Å². The van der Waals surface area contributed by atoms with Crippen molar-refractivity contribution in [3.05, 3.63) is 30.3 Å². The van der Waals surface area contributed by atoms with Crippen molar-refractivity contribution in [3.63, 3.8) is 0 Å². The van der Waals surface area contributed by atoms with E-state index in [4.69, 9.17) is 13.9 Å². The zero-order chi connectivity index (χ0) is 19.2. The minimum atomic E-state index is -3.62. The van der Waals surface area contributed by atoms with Gasteiger partial charge in [-0.05, 0) is 25.3 Å². The van der Waals surface area contributed by atoms with Crippen LogP contribution in [0.4, 0.5) is 0 Å². The molecule has 152 valence electrons. The summed E-state index contributed by atoms with van der Waals surface area (Å²) < 4.78 is 44.9. The molecule has 0 aliphatic carbocycles. The van der Waals surface area contributed by atoms with Crippen molar-refractivity contribution in [2.24, 2.45) is 0 Å².